The standard InChI is InChI=1S/C11H17BrN4O2/c1-11(2,18)7-4-16(5-7)10(17)13-9-8(12)6-15(3)14-9/h6-7,18H,4-5H2,1-3H3,(H,13,14,17). The van der Waals surface area contributed by atoms with Crippen molar-refractivity contribution < 1.29 is 9.90 Å². The highest BCUT2D eigenvalue weighted by atomic mass is 79.9. The Bertz CT molecular complexity index is 460. The maximum absolute atomic E-state index is 11.9. The van der Waals surface area contributed by atoms with Gasteiger partial charge < -0.3 is 10.0 Å². The number of rotatable bonds is 2. The average Bonchev–Trinajstić information content (AvgIpc) is 2.39. The number of carbonyl (C=O) groups excluding carboxylic acids is 1. The molecule has 0 radical (unpaired) electrons. The molecule has 18 heavy (non-hydrogen) atoms. The molecule has 2 N–H and O–H groups in total. The molecule has 2 rings (SSSR count). The van der Waals surface area contributed by atoms with Crippen LogP contribution in [0.1, 0.15) is 13.8 Å². The molecule has 0 bridgehead atoms. The van der Waals surface area contributed by atoms with E-state index in [1.807, 2.05) is 0 Å². The Balaban J connectivity index is 1.90. The highest BCUT2D eigenvalue weighted by Crippen LogP contribution is 2.28. The lowest BCUT2D eigenvalue weighted by Gasteiger charge is -2.44. The number of urea groups is 1. The van der Waals surface area contributed by atoms with Crippen LogP contribution in [-0.2, 0) is 7.05 Å². The van der Waals surface area contributed by atoms with Crippen molar-refractivity contribution in [3.05, 3.63) is 10.7 Å². The van der Waals surface area contributed by atoms with E-state index in [2.05, 4.69) is 26.3 Å². The lowest BCUT2D eigenvalue weighted by Crippen LogP contribution is -2.58. The number of aromatic nitrogens is 2. The van der Waals surface area contributed by atoms with Crippen molar-refractivity contribution in [2.45, 2.75) is 19.4 Å². The summed E-state index contributed by atoms with van der Waals surface area (Å²) < 4.78 is 2.37. The molecule has 0 atom stereocenters. The Morgan fingerprint density at radius 1 is 1.61 bits per heavy atom. The summed E-state index contributed by atoms with van der Waals surface area (Å²) in [6, 6.07) is -0.185. The zero-order chi connectivity index (χ0) is 13.5. The minimum atomic E-state index is -0.734. The maximum atomic E-state index is 11.9. The summed E-state index contributed by atoms with van der Waals surface area (Å²) in [6.07, 6.45) is 1.77. The fourth-order valence-corrected chi connectivity index (χ4v) is 2.29. The smallest absolute Gasteiger partial charge is 0.323 e. The van der Waals surface area contributed by atoms with Crippen molar-refractivity contribution in [1.82, 2.24) is 14.7 Å². The first-order chi connectivity index (χ1) is 8.27. The maximum Gasteiger partial charge on any atom is 0.323 e. The van der Waals surface area contributed by atoms with Crippen molar-refractivity contribution in [3.63, 3.8) is 0 Å². The van der Waals surface area contributed by atoms with E-state index in [1.165, 1.54) is 0 Å². The second-order valence-corrected chi connectivity index (χ2v) is 6.04. The number of carbonyl (C=O) groups is 1. The van der Waals surface area contributed by atoms with Crippen molar-refractivity contribution >= 4 is 27.8 Å². The molecule has 1 fully saturated rings. The van der Waals surface area contributed by atoms with E-state index >= 15 is 0 Å². The van der Waals surface area contributed by atoms with Crippen LogP contribution in [0.5, 0.6) is 0 Å². The van der Waals surface area contributed by atoms with E-state index in [1.54, 1.807) is 36.7 Å². The molecular formula is C11H17BrN4O2. The van der Waals surface area contributed by atoms with E-state index < -0.39 is 5.60 Å². The molecule has 0 unspecified atom stereocenters. The fourth-order valence-electron chi connectivity index (χ4n) is 1.82. The van der Waals surface area contributed by atoms with Crippen molar-refractivity contribution in [1.29, 1.82) is 0 Å². The van der Waals surface area contributed by atoms with Gasteiger partial charge in [-0.1, -0.05) is 0 Å². The summed E-state index contributed by atoms with van der Waals surface area (Å²) >= 11 is 3.32. The molecule has 1 aliphatic rings. The number of nitrogens with zero attached hydrogens (tertiary/aromatic N) is 3. The highest BCUT2D eigenvalue weighted by Gasteiger charge is 2.39. The van der Waals surface area contributed by atoms with E-state index in [0.717, 1.165) is 4.47 Å². The normalized spacial score (nSPS) is 16.6. The van der Waals surface area contributed by atoms with Gasteiger partial charge in [-0.3, -0.25) is 10.00 Å². The Morgan fingerprint density at radius 3 is 2.67 bits per heavy atom. The van der Waals surface area contributed by atoms with Gasteiger partial charge in [-0.2, -0.15) is 5.10 Å². The lowest BCUT2D eigenvalue weighted by molar-refractivity contribution is -0.0440. The number of amides is 2. The summed E-state index contributed by atoms with van der Waals surface area (Å²) in [5, 5.41) is 16.6. The monoisotopic (exact) mass is 316 g/mol. The van der Waals surface area contributed by atoms with Crippen molar-refractivity contribution in [3.8, 4) is 0 Å². The number of aryl methyl sites for hydroxylation is 1. The van der Waals surface area contributed by atoms with Gasteiger partial charge >= 0.3 is 6.03 Å². The Labute approximate surface area is 114 Å². The number of hydrogen-bond acceptors (Lipinski definition) is 3. The quantitative estimate of drug-likeness (QED) is 0.867. The number of hydrogen-bond donors (Lipinski definition) is 2. The van der Waals surface area contributed by atoms with Crippen molar-refractivity contribution in [2.24, 2.45) is 13.0 Å². The number of nitrogens with one attached hydrogen (secondary N) is 1. The molecule has 0 aromatic carbocycles. The molecule has 1 aromatic heterocycles. The first kappa shape index (κ1) is 13.4. The van der Waals surface area contributed by atoms with Crippen LogP contribution in [0, 0.1) is 5.92 Å². The summed E-state index contributed by atoms with van der Waals surface area (Å²) in [6.45, 7) is 4.67. The first-order valence-electron chi connectivity index (χ1n) is 5.75. The van der Waals surface area contributed by atoms with Gasteiger partial charge in [0.15, 0.2) is 5.82 Å². The van der Waals surface area contributed by atoms with E-state index in [0.29, 0.717) is 18.9 Å². The summed E-state index contributed by atoms with van der Waals surface area (Å²) in [4.78, 5) is 13.5. The molecule has 1 aromatic rings. The number of anilines is 1. The Kier molecular flexibility index (Phi) is 3.37. The highest BCUT2D eigenvalue weighted by molar-refractivity contribution is 9.10. The van der Waals surface area contributed by atoms with Gasteiger partial charge in [0, 0.05) is 32.3 Å². The van der Waals surface area contributed by atoms with Crippen molar-refractivity contribution in [2.75, 3.05) is 18.4 Å². The molecule has 6 nitrogen and oxygen atoms in total. The zero-order valence-corrected chi connectivity index (χ0v) is 12.2. The number of halogens is 1. The van der Waals surface area contributed by atoms with Gasteiger partial charge in [-0.25, -0.2) is 4.79 Å². The molecule has 7 heteroatoms. The molecule has 2 amide bonds. The molecular weight excluding hydrogens is 300 g/mol. The molecule has 100 valence electrons. The van der Waals surface area contributed by atoms with Crippen LogP contribution in [0.15, 0.2) is 10.7 Å². The SMILES string of the molecule is Cn1cc(Br)c(NC(=O)N2CC(C(C)(C)O)C2)n1. The van der Waals surface area contributed by atoms with E-state index in [9.17, 15) is 9.90 Å². The molecule has 0 aliphatic carbocycles. The van der Waals surface area contributed by atoms with Gasteiger partial charge in [-0.15, -0.1) is 0 Å². The minimum absolute atomic E-state index is 0.135. The zero-order valence-electron chi connectivity index (χ0n) is 10.6. The van der Waals surface area contributed by atoms with Crippen LogP contribution in [0.3, 0.4) is 0 Å². The lowest BCUT2D eigenvalue weighted by atomic mass is 9.85. The van der Waals surface area contributed by atoms with Crippen LogP contribution in [0.4, 0.5) is 10.6 Å². The Morgan fingerprint density at radius 2 is 2.22 bits per heavy atom. The summed E-state index contributed by atoms with van der Waals surface area (Å²) in [7, 11) is 1.79. The third-order valence-electron chi connectivity index (χ3n) is 3.18. The second-order valence-electron chi connectivity index (χ2n) is 5.19. The molecule has 2 heterocycles. The van der Waals surface area contributed by atoms with Gasteiger partial charge in [0.25, 0.3) is 0 Å². The molecule has 1 saturated heterocycles. The molecule has 0 spiro atoms. The van der Waals surface area contributed by atoms with Gasteiger partial charge in [0.05, 0.1) is 10.1 Å². The number of aliphatic hydroxyl groups is 1. The first-order valence-corrected chi connectivity index (χ1v) is 6.54. The predicted molar refractivity (Wildman–Crippen MR) is 71.3 cm³/mol. The molecule has 1 aliphatic heterocycles. The van der Waals surface area contributed by atoms with Gasteiger partial charge in [-0.05, 0) is 29.8 Å². The van der Waals surface area contributed by atoms with Crippen LogP contribution in [0.25, 0.3) is 0 Å². The van der Waals surface area contributed by atoms with Crippen LogP contribution >= 0.6 is 15.9 Å². The summed E-state index contributed by atoms with van der Waals surface area (Å²) in [5.41, 5.74) is -0.734. The topological polar surface area (TPSA) is 70.4 Å². The average molecular weight is 317 g/mol. The van der Waals surface area contributed by atoms with Gasteiger partial charge in [0.2, 0.25) is 0 Å². The minimum Gasteiger partial charge on any atom is -0.390 e. The fraction of sp³-hybridized carbons (Fsp3) is 0.636. The van der Waals surface area contributed by atoms with E-state index in [4.69, 9.17) is 0 Å². The van der Waals surface area contributed by atoms with Crippen LogP contribution in [0.2, 0.25) is 0 Å². The Hall–Kier alpha value is -1.08. The largest absolute Gasteiger partial charge is 0.390 e. The number of likely N-dealkylation sites (tertiary alicyclic amines) is 1. The van der Waals surface area contributed by atoms with E-state index in [-0.39, 0.29) is 11.9 Å². The second kappa shape index (κ2) is 4.55. The molecule has 0 saturated carbocycles. The third-order valence-corrected chi connectivity index (χ3v) is 3.76. The van der Waals surface area contributed by atoms with Gasteiger partial charge in [0.1, 0.15) is 0 Å². The van der Waals surface area contributed by atoms with Crippen LogP contribution in [-0.4, -0.2) is 44.5 Å². The third kappa shape index (κ3) is 2.67. The summed E-state index contributed by atoms with van der Waals surface area (Å²) in [5.74, 6) is 0.643. The van der Waals surface area contributed by atoms with Crippen LogP contribution < -0.4 is 5.32 Å². The predicted octanol–water partition coefficient (Wildman–Crippen LogP) is 1.42.